The molecule has 2 aliphatic rings. The minimum atomic E-state index is -0.477. The first-order chi connectivity index (χ1) is 14.2. The number of hydrogen-bond acceptors (Lipinski definition) is 8. The molecule has 2 aromatic rings. The van der Waals surface area contributed by atoms with E-state index in [1.165, 1.54) is 18.3 Å². The third kappa shape index (κ3) is 5.66. The van der Waals surface area contributed by atoms with Gasteiger partial charge in [0.25, 0.3) is 11.9 Å². The van der Waals surface area contributed by atoms with Crippen molar-refractivity contribution in [2.45, 2.75) is 44.7 Å². The highest BCUT2D eigenvalue weighted by atomic mass is 79.9. The van der Waals surface area contributed by atoms with Gasteiger partial charge in [-0.15, -0.1) is 0 Å². The van der Waals surface area contributed by atoms with E-state index in [-0.39, 0.29) is 21.1 Å². The predicted molar refractivity (Wildman–Crippen MR) is 112 cm³/mol. The van der Waals surface area contributed by atoms with E-state index >= 15 is 0 Å². The van der Waals surface area contributed by atoms with E-state index in [1.54, 1.807) is 6.92 Å². The van der Waals surface area contributed by atoms with Crippen LogP contribution >= 0.6 is 27.5 Å². The van der Waals surface area contributed by atoms with E-state index in [9.17, 15) is 25.4 Å². The molecule has 2 aromatic heterocycles. The quantitative estimate of drug-likeness (QED) is 0.177. The van der Waals surface area contributed by atoms with Crippen LogP contribution in [0.25, 0.3) is 0 Å². The van der Waals surface area contributed by atoms with Gasteiger partial charge in [-0.05, 0) is 32.6 Å². The van der Waals surface area contributed by atoms with Crippen LogP contribution in [0.5, 0.6) is 0 Å². The van der Waals surface area contributed by atoms with Gasteiger partial charge in [0.15, 0.2) is 16.5 Å². The number of nitro groups is 2. The average molecular weight is 503 g/mol. The molecule has 4 rings (SSSR count). The zero-order valence-electron chi connectivity index (χ0n) is 15.8. The molecule has 0 unspecified atom stereocenters. The topological polar surface area (TPSA) is 147 Å². The van der Waals surface area contributed by atoms with Crippen LogP contribution in [0.3, 0.4) is 0 Å². The summed E-state index contributed by atoms with van der Waals surface area (Å²) in [6.07, 6.45) is 5.38. The summed E-state index contributed by atoms with van der Waals surface area (Å²) in [7, 11) is 0. The monoisotopic (exact) mass is 501 g/mol. The van der Waals surface area contributed by atoms with Gasteiger partial charge in [0.05, 0.1) is 9.85 Å². The van der Waals surface area contributed by atoms with Gasteiger partial charge in [0.2, 0.25) is 0 Å². The lowest BCUT2D eigenvalue weighted by Crippen LogP contribution is -2.32. The molecule has 160 valence electrons. The number of aryl methyl sites for hydroxylation is 1. The Morgan fingerprint density at radius 3 is 2.23 bits per heavy atom. The van der Waals surface area contributed by atoms with Crippen molar-refractivity contribution < 1.29 is 19.8 Å². The van der Waals surface area contributed by atoms with Crippen LogP contribution in [0.15, 0.2) is 22.9 Å². The van der Waals surface area contributed by atoms with Gasteiger partial charge in [-0.2, -0.15) is 0 Å². The Hall–Kier alpha value is -2.73. The van der Waals surface area contributed by atoms with Gasteiger partial charge in [-0.3, -0.25) is 25.4 Å². The van der Waals surface area contributed by atoms with Crippen LogP contribution in [0.4, 0.5) is 22.7 Å². The highest BCUT2D eigenvalue weighted by Crippen LogP contribution is 2.35. The summed E-state index contributed by atoms with van der Waals surface area (Å²) in [6.45, 7) is 1.68. The summed E-state index contributed by atoms with van der Waals surface area (Å²) in [6, 6.07) is 3.30. The maximum Gasteiger partial charge on any atom is 0.306 e. The molecule has 2 saturated carbocycles. The molecule has 2 fully saturated rings. The number of nitrogens with one attached hydrogen (secondary N) is 2. The maximum atomic E-state index is 10.8. The van der Waals surface area contributed by atoms with Gasteiger partial charge < -0.3 is 10.6 Å². The lowest BCUT2D eigenvalue weighted by Gasteiger charge is -2.07. The number of nitrogens with zero attached hydrogens (tertiary/aromatic N) is 4. The number of halogens is 2. The molecule has 0 spiro atoms. The summed E-state index contributed by atoms with van der Waals surface area (Å²) in [5.41, 5.74) is 1.19. The summed E-state index contributed by atoms with van der Waals surface area (Å²) < 4.78 is 1.05. The second-order valence-corrected chi connectivity index (χ2v) is 8.21. The normalized spacial score (nSPS) is 15.0. The zero-order valence-corrected chi connectivity index (χ0v) is 18.2. The molecule has 3 N–H and O–H groups in total. The van der Waals surface area contributed by atoms with E-state index in [1.807, 2.05) is 0 Å². The van der Waals surface area contributed by atoms with E-state index < -0.39 is 9.85 Å². The van der Waals surface area contributed by atoms with Crippen molar-refractivity contribution in [1.82, 2.24) is 4.98 Å². The first-order valence-electron chi connectivity index (χ1n) is 9.09. The van der Waals surface area contributed by atoms with Crippen molar-refractivity contribution >= 4 is 50.3 Å². The van der Waals surface area contributed by atoms with Crippen molar-refractivity contribution in [3.05, 3.63) is 54.0 Å². The van der Waals surface area contributed by atoms with Crippen LogP contribution in [0.1, 0.15) is 31.4 Å². The molecule has 2 heterocycles. The molecule has 0 amide bonds. The third-order valence-electron chi connectivity index (χ3n) is 4.34. The molecule has 0 saturated heterocycles. The highest BCUT2D eigenvalue weighted by molar-refractivity contribution is 9.10. The Labute approximate surface area is 184 Å². The smallest absolute Gasteiger partial charge is 0.306 e. The molecule has 0 radical (unpaired) electrons. The number of hydrogen-bond donors (Lipinski definition) is 3. The van der Waals surface area contributed by atoms with Gasteiger partial charge in [-0.1, -0.05) is 11.6 Å². The molecule has 0 atom stereocenters. The molecule has 30 heavy (non-hydrogen) atoms. The fourth-order valence-corrected chi connectivity index (χ4v) is 3.15. The van der Waals surface area contributed by atoms with Crippen LogP contribution in [0, 0.1) is 27.2 Å². The summed E-state index contributed by atoms with van der Waals surface area (Å²) in [5, 5.41) is 37.1. The standard InChI is InChI=1S/C9H10ClN3O2.C8H9BrN3O3/c1-5-4-7(13(14)15)8(9(10)11-5)12-6-2-3-6;9-8-3-7(12(14)15)6(4-11(8)13)10-5-1-2-5/h4,6,12H,2-3H2,1H3;3-5,10,13H,1-2H2/q;+1. The van der Waals surface area contributed by atoms with Crippen LogP contribution in [-0.2, 0) is 0 Å². The zero-order chi connectivity index (χ0) is 22.0. The Kier molecular flexibility index (Phi) is 6.56. The largest absolute Gasteiger partial charge is 0.374 e. The van der Waals surface area contributed by atoms with Crippen LogP contribution in [-0.4, -0.2) is 32.1 Å². The second-order valence-electron chi connectivity index (χ2n) is 7.04. The molecule has 2 aliphatic carbocycles. The van der Waals surface area contributed by atoms with Crippen molar-refractivity contribution in [1.29, 1.82) is 0 Å². The van der Waals surface area contributed by atoms with Crippen LogP contribution in [0.2, 0.25) is 5.15 Å². The van der Waals surface area contributed by atoms with Crippen molar-refractivity contribution in [3.8, 4) is 0 Å². The molecule has 0 aromatic carbocycles. The summed E-state index contributed by atoms with van der Waals surface area (Å²) in [4.78, 5) is 24.6. The van der Waals surface area contributed by atoms with Gasteiger partial charge >= 0.3 is 10.3 Å². The molecule has 11 nitrogen and oxygen atoms in total. The molecule has 0 aliphatic heterocycles. The van der Waals surface area contributed by atoms with Gasteiger partial charge in [0.1, 0.15) is 6.07 Å². The minimum absolute atomic E-state index is 0.000556. The Morgan fingerprint density at radius 2 is 1.70 bits per heavy atom. The number of pyridine rings is 2. The fourth-order valence-electron chi connectivity index (χ4n) is 2.54. The van der Waals surface area contributed by atoms with E-state index in [2.05, 4.69) is 31.5 Å². The lowest BCUT2D eigenvalue weighted by atomic mass is 10.3. The first kappa shape index (κ1) is 22.0. The summed E-state index contributed by atoms with van der Waals surface area (Å²) >= 11 is 8.88. The van der Waals surface area contributed by atoms with E-state index in [4.69, 9.17) is 11.6 Å². The molecular weight excluding hydrogens is 484 g/mol. The van der Waals surface area contributed by atoms with E-state index in [0.29, 0.717) is 29.2 Å². The Bertz CT molecular complexity index is 999. The minimum Gasteiger partial charge on any atom is -0.374 e. The van der Waals surface area contributed by atoms with E-state index in [0.717, 1.165) is 30.4 Å². The predicted octanol–water partition coefficient (Wildman–Crippen LogP) is 3.98. The molecular formula is C17H19BrClN6O5+. The number of rotatable bonds is 6. The van der Waals surface area contributed by atoms with Crippen molar-refractivity contribution in [3.63, 3.8) is 0 Å². The Balaban J connectivity index is 0.000000171. The fraction of sp³-hybridized carbons (Fsp3) is 0.412. The number of aromatic nitrogens is 2. The average Bonchev–Trinajstić information content (AvgIpc) is 3.56. The second kappa shape index (κ2) is 8.96. The van der Waals surface area contributed by atoms with Gasteiger partial charge in [-0.25, -0.2) is 4.98 Å². The molecule has 13 heteroatoms. The first-order valence-corrected chi connectivity index (χ1v) is 10.3. The van der Waals surface area contributed by atoms with Crippen molar-refractivity contribution in [2.75, 3.05) is 10.6 Å². The number of anilines is 2. The molecule has 0 bridgehead atoms. The maximum absolute atomic E-state index is 10.8. The SMILES string of the molecule is Cc1cc([N+](=O)[O-])c(NC2CC2)c(Cl)n1.O=[N+]([O-])c1cc(Br)[n+](O)cc1NC1CC1. The van der Waals surface area contributed by atoms with Gasteiger partial charge in [0, 0.05) is 44.5 Å². The summed E-state index contributed by atoms with van der Waals surface area (Å²) in [5.74, 6) is 0. The van der Waals surface area contributed by atoms with Crippen LogP contribution < -0.4 is 15.4 Å². The highest BCUT2D eigenvalue weighted by Gasteiger charge is 2.29. The third-order valence-corrected chi connectivity index (χ3v) is 5.21. The van der Waals surface area contributed by atoms with Crippen molar-refractivity contribution in [2.24, 2.45) is 0 Å². The Morgan fingerprint density at radius 1 is 1.13 bits per heavy atom. The lowest BCUT2D eigenvalue weighted by molar-refractivity contribution is -0.912.